The molecular formula is C13H20FN3O3S. The molecule has 0 radical (unpaired) electrons. The maximum Gasteiger partial charge on any atom is 0.242 e. The first kappa shape index (κ1) is 16.2. The van der Waals surface area contributed by atoms with Crippen molar-refractivity contribution in [2.24, 2.45) is 0 Å². The third-order valence-corrected chi connectivity index (χ3v) is 4.96. The van der Waals surface area contributed by atoms with Crippen molar-refractivity contribution in [1.29, 1.82) is 0 Å². The normalized spacial score (nSPS) is 20.6. The molecule has 21 heavy (non-hydrogen) atoms. The topological polar surface area (TPSA) is 84.7 Å². The highest BCUT2D eigenvalue weighted by Gasteiger charge is 2.24. The Morgan fingerprint density at radius 1 is 1.52 bits per heavy atom. The maximum atomic E-state index is 13.4. The number of ether oxygens (including phenoxy) is 1. The fourth-order valence-corrected chi connectivity index (χ4v) is 3.43. The van der Waals surface area contributed by atoms with Gasteiger partial charge in [-0.05, 0) is 18.7 Å². The Labute approximate surface area is 124 Å². The molecule has 0 saturated carbocycles. The minimum absolute atomic E-state index is 0.134. The van der Waals surface area contributed by atoms with E-state index in [1.54, 1.807) is 0 Å². The van der Waals surface area contributed by atoms with E-state index >= 15 is 0 Å². The zero-order valence-electron chi connectivity index (χ0n) is 11.9. The summed E-state index contributed by atoms with van der Waals surface area (Å²) in [5, 5.41) is 0. The second-order valence-corrected chi connectivity index (χ2v) is 6.62. The number of anilines is 1. The summed E-state index contributed by atoms with van der Waals surface area (Å²) in [4.78, 5) is 1.93. The molecule has 118 valence electrons. The van der Waals surface area contributed by atoms with Crippen LogP contribution in [0.3, 0.4) is 0 Å². The van der Waals surface area contributed by atoms with E-state index < -0.39 is 15.8 Å². The molecule has 8 heteroatoms. The molecule has 3 N–H and O–H groups in total. The molecule has 1 fully saturated rings. The Balaban J connectivity index is 2.03. The van der Waals surface area contributed by atoms with Crippen molar-refractivity contribution < 1.29 is 17.5 Å². The molecule has 1 aliphatic rings. The van der Waals surface area contributed by atoms with E-state index in [-0.39, 0.29) is 23.2 Å². The predicted molar refractivity (Wildman–Crippen MR) is 77.9 cm³/mol. The van der Waals surface area contributed by atoms with Gasteiger partial charge in [-0.3, -0.25) is 4.90 Å². The lowest BCUT2D eigenvalue weighted by Crippen LogP contribution is -2.47. The standard InChI is InChI=1S/C13H20FN3O3S/c1-2-17-6-7-20-10(9-17)8-16-21(18,19)12-5-3-4-11(14)13(12)15/h3-5,10,16H,2,6-9,15H2,1H3. The van der Waals surface area contributed by atoms with Crippen LogP contribution >= 0.6 is 0 Å². The van der Waals surface area contributed by atoms with Crippen LogP contribution < -0.4 is 10.5 Å². The van der Waals surface area contributed by atoms with Gasteiger partial charge in [0.05, 0.1) is 18.4 Å². The average molecular weight is 317 g/mol. The summed E-state index contributed by atoms with van der Waals surface area (Å²) in [6, 6.07) is 3.72. The molecule has 1 aliphatic heterocycles. The molecule has 0 spiro atoms. The summed E-state index contributed by atoms with van der Waals surface area (Å²) in [6.45, 7) is 5.15. The van der Waals surface area contributed by atoms with Crippen molar-refractivity contribution in [3.8, 4) is 0 Å². The van der Waals surface area contributed by atoms with Gasteiger partial charge in [0, 0.05) is 19.6 Å². The molecule has 0 aromatic heterocycles. The van der Waals surface area contributed by atoms with E-state index in [1.807, 2.05) is 6.92 Å². The van der Waals surface area contributed by atoms with Crippen LogP contribution in [-0.2, 0) is 14.8 Å². The zero-order valence-corrected chi connectivity index (χ0v) is 12.7. The van der Waals surface area contributed by atoms with E-state index in [4.69, 9.17) is 10.5 Å². The van der Waals surface area contributed by atoms with E-state index in [2.05, 4.69) is 9.62 Å². The number of halogens is 1. The number of likely N-dealkylation sites (N-methyl/N-ethyl adjacent to an activating group) is 1. The van der Waals surface area contributed by atoms with E-state index in [1.165, 1.54) is 12.1 Å². The van der Waals surface area contributed by atoms with Crippen LogP contribution in [0.2, 0.25) is 0 Å². The SMILES string of the molecule is CCN1CCOC(CNS(=O)(=O)c2cccc(F)c2N)C1. The van der Waals surface area contributed by atoms with Crippen molar-refractivity contribution >= 4 is 15.7 Å². The average Bonchev–Trinajstić information content (AvgIpc) is 2.48. The third-order valence-electron chi connectivity index (χ3n) is 3.47. The van der Waals surface area contributed by atoms with Crippen LogP contribution in [0.25, 0.3) is 0 Å². The van der Waals surface area contributed by atoms with Gasteiger partial charge in [0.1, 0.15) is 10.7 Å². The number of nitrogen functional groups attached to an aromatic ring is 1. The fraction of sp³-hybridized carbons (Fsp3) is 0.538. The molecule has 0 amide bonds. The molecule has 0 bridgehead atoms. The van der Waals surface area contributed by atoms with Crippen LogP contribution in [0.15, 0.2) is 23.1 Å². The molecular weight excluding hydrogens is 297 g/mol. The second-order valence-electron chi connectivity index (χ2n) is 4.89. The minimum Gasteiger partial charge on any atom is -0.395 e. The number of rotatable bonds is 5. The van der Waals surface area contributed by atoms with Crippen LogP contribution in [0.4, 0.5) is 10.1 Å². The number of morpholine rings is 1. The van der Waals surface area contributed by atoms with Gasteiger partial charge < -0.3 is 10.5 Å². The summed E-state index contributed by atoms with van der Waals surface area (Å²) in [7, 11) is -3.85. The van der Waals surface area contributed by atoms with Crippen molar-refractivity contribution in [2.75, 3.05) is 38.5 Å². The number of sulfonamides is 1. The summed E-state index contributed by atoms with van der Waals surface area (Å²) in [5.41, 5.74) is 5.12. The van der Waals surface area contributed by atoms with E-state index in [0.29, 0.717) is 13.2 Å². The van der Waals surface area contributed by atoms with Crippen molar-refractivity contribution in [3.05, 3.63) is 24.0 Å². The number of hydrogen-bond donors (Lipinski definition) is 2. The molecule has 6 nitrogen and oxygen atoms in total. The lowest BCUT2D eigenvalue weighted by atomic mass is 10.3. The highest BCUT2D eigenvalue weighted by molar-refractivity contribution is 7.89. The monoisotopic (exact) mass is 317 g/mol. The van der Waals surface area contributed by atoms with Gasteiger partial charge in [0.2, 0.25) is 10.0 Å². The first-order valence-electron chi connectivity index (χ1n) is 6.81. The Hall–Kier alpha value is -1.22. The third kappa shape index (κ3) is 3.91. The van der Waals surface area contributed by atoms with Gasteiger partial charge in [-0.1, -0.05) is 13.0 Å². The summed E-state index contributed by atoms with van der Waals surface area (Å²) >= 11 is 0. The second kappa shape index (κ2) is 6.69. The number of benzene rings is 1. The van der Waals surface area contributed by atoms with Gasteiger partial charge >= 0.3 is 0 Å². The van der Waals surface area contributed by atoms with Gasteiger partial charge in [-0.25, -0.2) is 17.5 Å². The van der Waals surface area contributed by atoms with Gasteiger partial charge in [0.25, 0.3) is 0 Å². The van der Waals surface area contributed by atoms with Gasteiger partial charge in [-0.2, -0.15) is 0 Å². The van der Waals surface area contributed by atoms with Crippen LogP contribution in [0, 0.1) is 5.82 Å². The number of hydrogen-bond acceptors (Lipinski definition) is 5. The van der Waals surface area contributed by atoms with Crippen LogP contribution in [-0.4, -0.2) is 52.2 Å². The van der Waals surface area contributed by atoms with Crippen molar-refractivity contribution in [3.63, 3.8) is 0 Å². The smallest absolute Gasteiger partial charge is 0.242 e. The molecule has 1 unspecified atom stereocenters. The quantitative estimate of drug-likeness (QED) is 0.768. The van der Waals surface area contributed by atoms with Gasteiger partial charge in [0.15, 0.2) is 0 Å². The highest BCUT2D eigenvalue weighted by Crippen LogP contribution is 2.20. The zero-order chi connectivity index (χ0) is 15.5. The van der Waals surface area contributed by atoms with Crippen molar-refractivity contribution in [2.45, 2.75) is 17.9 Å². The van der Waals surface area contributed by atoms with Gasteiger partial charge in [-0.15, -0.1) is 0 Å². The molecule has 0 aliphatic carbocycles. The van der Waals surface area contributed by atoms with Crippen molar-refractivity contribution in [1.82, 2.24) is 9.62 Å². The summed E-state index contributed by atoms with van der Waals surface area (Å²) in [5.74, 6) is -0.746. The Morgan fingerprint density at radius 2 is 2.29 bits per heavy atom. The van der Waals surface area contributed by atoms with Crippen LogP contribution in [0.5, 0.6) is 0 Å². The van der Waals surface area contributed by atoms with E-state index in [0.717, 1.165) is 19.2 Å². The Bertz CT molecular complexity index is 594. The first-order chi connectivity index (χ1) is 9.94. The maximum absolute atomic E-state index is 13.4. The lowest BCUT2D eigenvalue weighted by molar-refractivity contribution is -0.0229. The Morgan fingerprint density at radius 3 is 3.00 bits per heavy atom. The Kier molecular flexibility index (Phi) is 5.15. The van der Waals surface area contributed by atoms with E-state index in [9.17, 15) is 12.8 Å². The number of nitrogens with one attached hydrogen (secondary N) is 1. The van der Waals surface area contributed by atoms with Crippen LogP contribution in [0.1, 0.15) is 6.92 Å². The number of para-hydroxylation sites is 1. The summed E-state index contributed by atoms with van der Waals surface area (Å²) in [6.07, 6.45) is -0.219. The first-order valence-corrected chi connectivity index (χ1v) is 8.30. The molecule has 1 atom stereocenters. The number of nitrogens with two attached hydrogens (primary N) is 1. The molecule has 2 rings (SSSR count). The molecule has 1 aromatic carbocycles. The summed E-state index contributed by atoms with van der Waals surface area (Å²) < 4.78 is 45.6. The fourth-order valence-electron chi connectivity index (χ4n) is 2.22. The highest BCUT2D eigenvalue weighted by atomic mass is 32.2. The molecule has 1 saturated heterocycles. The molecule has 1 heterocycles. The number of nitrogens with zero attached hydrogens (tertiary/aromatic N) is 1. The molecule has 1 aromatic rings. The largest absolute Gasteiger partial charge is 0.395 e. The predicted octanol–water partition coefficient (Wildman–Crippen LogP) is 0.407. The minimum atomic E-state index is -3.85. The lowest BCUT2D eigenvalue weighted by Gasteiger charge is -2.32.